The Morgan fingerprint density at radius 3 is 2.47 bits per heavy atom. The van der Waals surface area contributed by atoms with E-state index in [2.05, 4.69) is 10.1 Å². The Morgan fingerprint density at radius 2 is 1.76 bits per heavy atom. The molecule has 0 saturated heterocycles. The minimum atomic E-state index is -4.66. The first-order valence-electron chi connectivity index (χ1n) is 9.68. The summed E-state index contributed by atoms with van der Waals surface area (Å²) in [4.78, 5) is 14.3. The number of halogens is 3. The van der Waals surface area contributed by atoms with Crippen LogP contribution in [0.25, 0.3) is 22.4 Å². The van der Waals surface area contributed by atoms with Gasteiger partial charge in [-0.25, -0.2) is 21.6 Å². The maximum atomic E-state index is 15.5. The van der Waals surface area contributed by atoms with Crippen LogP contribution < -0.4 is 10.5 Å². The van der Waals surface area contributed by atoms with Crippen LogP contribution in [0.15, 0.2) is 72.0 Å². The van der Waals surface area contributed by atoms with Crippen LogP contribution in [0.2, 0.25) is 0 Å². The third-order valence-corrected chi connectivity index (χ3v) is 6.13. The Kier molecular flexibility index (Phi) is 6.07. The third kappa shape index (κ3) is 4.62. The van der Waals surface area contributed by atoms with Crippen molar-refractivity contribution in [2.45, 2.75) is 11.4 Å². The highest BCUT2D eigenvalue weighted by Crippen LogP contribution is 2.35. The van der Waals surface area contributed by atoms with Crippen LogP contribution in [0.4, 0.5) is 18.9 Å². The molecule has 4 aromatic rings. The van der Waals surface area contributed by atoms with Crippen LogP contribution in [0.3, 0.4) is 0 Å². The van der Waals surface area contributed by atoms with Crippen LogP contribution in [0.5, 0.6) is 0 Å². The zero-order valence-electron chi connectivity index (χ0n) is 17.2. The van der Waals surface area contributed by atoms with E-state index in [0.717, 1.165) is 12.1 Å². The molecule has 0 radical (unpaired) electrons. The first kappa shape index (κ1) is 23.0. The molecule has 12 heteroatoms. The van der Waals surface area contributed by atoms with E-state index in [0.29, 0.717) is 23.3 Å². The van der Waals surface area contributed by atoms with Crippen molar-refractivity contribution in [2.24, 2.45) is 5.73 Å². The monoisotopic (exact) mass is 487 g/mol. The Morgan fingerprint density at radius 1 is 1.03 bits per heavy atom. The highest BCUT2D eigenvalue weighted by molar-refractivity contribution is 7.92. The number of nitrogens with two attached hydrogens (primary N) is 1. The zero-order chi connectivity index (χ0) is 24.5. The average Bonchev–Trinajstić information content (AvgIpc) is 3.20. The summed E-state index contributed by atoms with van der Waals surface area (Å²) >= 11 is 0. The summed E-state index contributed by atoms with van der Waals surface area (Å²) in [6.07, 6.45) is 4.52. The van der Waals surface area contributed by atoms with Crippen LogP contribution in [0, 0.1) is 17.5 Å². The Balaban J connectivity index is 1.80. The molecule has 2 heterocycles. The van der Waals surface area contributed by atoms with Gasteiger partial charge >= 0.3 is 0 Å². The van der Waals surface area contributed by atoms with Gasteiger partial charge in [0, 0.05) is 29.7 Å². The predicted octanol–water partition coefficient (Wildman–Crippen LogP) is 3.32. The number of hydrogen-bond donors (Lipinski definition) is 2. The highest BCUT2D eigenvalue weighted by Gasteiger charge is 2.24. The molecule has 0 aliphatic carbocycles. The van der Waals surface area contributed by atoms with Gasteiger partial charge < -0.3 is 5.73 Å². The number of anilines is 1. The lowest BCUT2D eigenvalue weighted by atomic mass is 10.0. The average molecular weight is 487 g/mol. The third-order valence-electron chi connectivity index (χ3n) is 4.75. The van der Waals surface area contributed by atoms with Crippen molar-refractivity contribution < 1.29 is 26.4 Å². The van der Waals surface area contributed by atoms with Gasteiger partial charge in [-0.2, -0.15) is 5.10 Å². The number of rotatable bonds is 7. The zero-order valence-corrected chi connectivity index (χ0v) is 18.1. The van der Waals surface area contributed by atoms with Gasteiger partial charge in [0.25, 0.3) is 10.0 Å². The van der Waals surface area contributed by atoms with Gasteiger partial charge in [-0.1, -0.05) is 6.07 Å². The van der Waals surface area contributed by atoms with Gasteiger partial charge in [0.2, 0.25) is 5.91 Å². The molecule has 0 saturated carbocycles. The lowest BCUT2D eigenvalue weighted by Crippen LogP contribution is -2.18. The van der Waals surface area contributed by atoms with Crippen molar-refractivity contribution in [1.82, 2.24) is 14.8 Å². The highest BCUT2D eigenvalue weighted by atomic mass is 32.2. The van der Waals surface area contributed by atoms with Crippen LogP contribution in [-0.2, 0) is 21.4 Å². The van der Waals surface area contributed by atoms with E-state index >= 15 is 4.39 Å². The number of nitrogens with zero attached hydrogens (tertiary/aromatic N) is 3. The molecule has 0 unspecified atom stereocenters. The number of carbonyl (C=O) groups is 1. The fraction of sp³-hybridized carbons (Fsp3) is 0.0455. The smallest absolute Gasteiger partial charge is 0.265 e. The molecule has 0 fully saturated rings. The van der Waals surface area contributed by atoms with Gasteiger partial charge in [-0.05, 0) is 48.0 Å². The van der Waals surface area contributed by atoms with Crippen LogP contribution >= 0.6 is 0 Å². The molecular weight excluding hydrogens is 471 g/mol. The molecule has 0 bridgehead atoms. The van der Waals surface area contributed by atoms with Crippen molar-refractivity contribution in [3.63, 3.8) is 0 Å². The molecule has 34 heavy (non-hydrogen) atoms. The molecule has 8 nitrogen and oxygen atoms in total. The molecular formula is C22H16F3N5O3S. The van der Waals surface area contributed by atoms with Crippen molar-refractivity contribution in [3.05, 3.63) is 84.6 Å². The Hall–Kier alpha value is -4.19. The number of sulfonamides is 1. The minimum absolute atomic E-state index is 0.0999. The molecule has 0 aliphatic heterocycles. The fourth-order valence-corrected chi connectivity index (χ4v) is 4.43. The molecule has 4 rings (SSSR count). The van der Waals surface area contributed by atoms with Gasteiger partial charge in [-0.3, -0.25) is 19.2 Å². The fourth-order valence-electron chi connectivity index (χ4n) is 3.28. The van der Waals surface area contributed by atoms with E-state index in [9.17, 15) is 22.0 Å². The second-order valence-electron chi connectivity index (χ2n) is 7.14. The number of hydrogen-bond acceptors (Lipinski definition) is 5. The molecule has 2 aromatic heterocycles. The molecule has 1 amide bonds. The lowest BCUT2D eigenvalue weighted by Gasteiger charge is -2.12. The summed E-state index contributed by atoms with van der Waals surface area (Å²) in [6.45, 7) is -0.273. The number of primary amides is 1. The molecule has 3 N–H and O–H groups in total. The molecule has 0 spiro atoms. The standard InChI is InChI=1S/C22H16F3N5O3S/c23-14-4-5-17(24)19(10-14)34(32,33)29-18-3-1-2-15(21(18)25)22-16(13-6-8-27-9-7-13)11-30(28-22)12-20(26)31/h1-11,29H,12H2,(H2,26,31). The lowest BCUT2D eigenvalue weighted by molar-refractivity contribution is -0.118. The van der Waals surface area contributed by atoms with Gasteiger partial charge in [0.05, 0.1) is 5.69 Å². The summed E-state index contributed by atoms with van der Waals surface area (Å²) in [5.74, 6) is -3.86. The van der Waals surface area contributed by atoms with Crippen LogP contribution in [-0.4, -0.2) is 29.1 Å². The number of aromatic nitrogens is 3. The van der Waals surface area contributed by atoms with Gasteiger partial charge in [0.1, 0.15) is 28.8 Å². The maximum absolute atomic E-state index is 15.5. The minimum Gasteiger partial charge on any atom is -0.368 e. The number of benzene rings is 2. The molecule has 0 aliphatic rings. The Bertz CT molecular complexity index is 1490. The predicted molar refractivity (Wildman–Crippen MR) is 117 cm³/mol. The number of pyridine rings is 1. The van der Waals surface area contributed by atoms with Crippen molar-refractivity contribution in [3.8, 4) is 22.4 Å². The summed E-state index contributed by atoms with van der Waals surface area (Å²) in [6, 6.07) is 9.05. The molecule has 174 valence electrons. The second kappa shape index (κ2) is 8.98. The summed E-state index contributed by atoms with van der Waals surface area (Å²) in [5.41, 5.74) is 5.77. The van der Waals surface area contributed by atoms with E-state index in [-0.39, 0.29) is 17.8 Å². The van der Waals surface area contributed by atoms with Crippen LogP contribution in [0.1, 0.15) is 0 Å². The molecule has 2 aromatic carbocycles. The van der Waals surface area contributed by atoms with E-state index in [1.807, 2.05) is 4.72 Å². The van der Waals surface area contributed by atoms with Crippen molar-refractivity contribution in [2.75, 3.05) is 4.72 Å². The normalized spacial score (nSPS) is 11.4. The Labute approximate surface area is 191 Å². The summed E-state index contributed by atoms with van der Waals surface area (Å²) in [7, 11) is -4.66. The first-order chi connectivity index (χ1) is 16.2. The largest absolute Gasteiger partial charge is 0.368 e. The number of carbonyl (C=O) groups excluding carboxylic acids is 1. The maximum Gasteiger partial charge on any atom is 0.265 e. The van der Waals surface area contributed by atoms with E-state index < -0.39 is 44.0 Å². The van der Waals surface area contributed by atoms with E-state index in [4.69, 9.17) is 5.73 Å². The quantitative estimate of drug-likeness (QED) is 0.414. The van der Waals surface area contributed by atoms with Crippen molar-refractivity contribution in [1.29, 1.82) is 0 Å². The van der Waals surface area contributed by atoms with E-state index in [1.54, 1.807) is 12.1 Å². The van der Waals surface area contributed by atoms with E-state index in [1.165, 1.54) is 35.4 Å². The van der Waals surface area contributed by atoms with Gasteiger partial charge in [0.15, 0.2) is 5.82 Å². The summed E-state index contributed by atoms with van der Waals surface area (Å²) < 4.78 is 71.5. The van der Waals surface area contributed by atoms with Gasteiger partial charge in [-0.15, -0.1) is 0 Å². The molecule has 0 atom stereocenters. The first-order valence-corrected chi connectivity index (χ1v) is 11.2. The number of nitrogens with one attached hydrogen (secondary N) is 1. The van der Waals surface area contributed by atoms with Crippen molar-refractivity contribution >= 4 is 21.6 Å². The summed E-state index contributed by atoms with van der Waals surface area (Å²) in [5, 5.41) is 4.25. The number of amides is 1. The topological polar surface area (TPSA) is 120 Å². The second-order valence-corrected chi connectivity index (χ2v) is 8.79. The SMILES string of the molecule is NC(=O)Cn1cc(-c2ccncc2)c(-c2cccc(NS(=O)(=O)c3cc(F)ccc3F)c2F)n1.